The SMILES string of the molecule is NCc1ccc(F)cc1CSc1ccc(F)c(F)c1. The molecule has 5 heteroatoms. The minimum atomic E-state index is -0.886. The molecule has 0 saturated heterocycles. The normalized spacial score (nSPS) is 10.7. The molecule has 2 rings (SSSR count). The standard InChI is InChI=1S/C14H12F3NS/c15-11-2-1-9(7-18)10(5-11)8-19-12-3-4-13(16)14(17)6-12/h1-6H,7-8,18H2. The van der Waals surface area contributed by atoms with E-state index in [1.165, 1.54) is 30.0 Å². The fraction of sp³-hybridized carbons (Fsp3) is 0.143. The van der Waals surface area contributed by atoms with Crippen LogP contribution in [0.4, 0.5) is 13.2 Å². The van der Waals surface area contributed by atoms with Crippen molar-refractivity contribution in [2.75, 3.05) is 0 Å². The molecule has 1 nitrogen and oxygen atoms in total. The summed E-state index contributed by atoms with van der Waals surface area (Å²) in [6.45, 7) is 0.313. The van der Waals surface area contributed by atoms with Gasteiger partial charge in [-0.2, -0.15) is 0 Å². The highest BCUT2D eigenvalue weighted by Crippen LogP contribution is 2.26. The lowest BCUT2D eigenvalue weighted by Crippen LogP contribution is -2.01. The molecule has 19 heavy (non-hydrogen) atoms. The van der Waals surface area contributed by atoms with Crippen molar-refractivity contribution in [2.24, 2.45) is 5.73 Å². The van der Waals surface area contributed by atoms with Crippen molar-refractivity contribution >= 4 is 11.8 Å². The van der Waals surface area contributed by atoms with E-state index in [1.54, 1.807) is 6.07 Å². The van der Waals surface area contributed by atoms with E-state index in [0.29, 0.717) is 17.2 Å². The number of benzene rings is 2. The maximum atomic E-state index is 13.2. The Kier molecular flexibility index (Phi) is 4.50. The molecule has 0 bridgehead atoms. The lowest BCUT2D eigenvalue weighted by molar-refractivity contribution is 0.506. The highest BCUT2D eigenvalue weighted by molar-refractivity contribution is 7.98. The summed E-state index contributed by atoms with van der Waals surface area (Å²) in [6.07, 6.45) is 0. The predicted molar refractivity (Wildman–Crippen MR) is 70.2 cm³/mol. The first kappa shape index (κ1) is 14.0. The molecule has 2 aromatic rings. The molecule has 0 amide bonds. The van der Waals surface area contributed by atoms with Crippen LogP contribution in [0, 0.1) is 17.5 Å². The van der Waals surface area contributed by atoms with E-state index in [4.69, 9.17) is 5.73 Å². The molecule has 0 aromatic heterocycles. The average Bonchev–Trinajstić information content (AvgIpc) is 2.40. The molecule has 2 N–H and O–H groups in total. The number of hydrogen-bond acceptors (Lipinski definition) is 2. The van der Waals surface area contributed by atoms with Gasteiger partial charge in [-0.25, -0.2) is 13.2 Å². The van der Waals surface area contributed by atoms with Crippen LogP contribution >= 0.6 is 11.8 Å². The third-order valence-electron chi connectivity index (χ3n) is 2.67. The zero-order chi connectivity index (χ0) is 13.8. The Morgan fingerprint density at radius 1 is 0.895 bits per heavy atom. The zero-order valence-corrected chi connectivity index (χ0v) is 10.8. The first-order valence-electron chi connectivity index (χ1n) is 5.65. The molecule has 0 aliphatic heterocycles. The second-order valence-corrected chi connectivity index (χ2v) is 5.03. The van der Waals surface area contributed by atoms with Crippen molar-refractivity contribution in [3.05, 3.63) is 65.0 Å². The summed E-state index contributed by atoms with van der Waals surface area (Å²) < 4.78 is 39.0. The van der Waals surface area contributed by atoms with Gasteiger partial charge < -0.3 is 5.73 Å². The first-order chi connectivity index (χ1) is 9.10. The average molecular weight is 283 g/mol. The van der Waals surface area contributed by atoms with Crippen molar-refractivity contribution < 1.29 is 13.2 Å². The highest BCUT2D eigenvalue weighted by atomic mass is 32.2. The third-order valence-corrected chi connectivity index (χ3v) is 3.72. The van der Waals surface area contributed by atoms with Crippen LogP contribution in [-0.4, -0.2) is 0 Å². The van der Waals surface area contributed by atoms with Gasteiger partial charge in [-0.1, -0.05) is 6.07 Å². The molecule has 2 aromatic carbocycles. The molecule has 0 spiro atoms. The van der Waals surface area contributed by atoms with Crippen LogP contribution in [0.25, 0.3) is 0 Å². The molecular formula is C14H12F3NS. The summed E-state index contributed by atoms with van der Waals surface area (Å²) in [5, 5.41) is 0. The van der Waals surface area contributed by atoms with Gasteiger partial charge in [0, 0.05) is 17.2 Å². The first-order valence-corrected chi connectivity index (χ1v) is 6.64. The van der Waals surface area contributed by atoms with E-state index in [9.17, 15) is 13.2 Å². The minimum Gasteiger partial charge on any atom is -0.326 e. The van der Waals surface area contributed by atoms with Crippen LogP contribution in [0.3, 0.4) is 0 Å². The number of hydrogen-bond donors (Lipinski definition) is 1. The Hall–Kier alpha value is -1.46. The quantitative estimate of drug-likeness (QED) is 0.862. The maximum Gasteiger partial charge on any atom is 0.159 e. The Labute approximate surface area is 113 Å². The molecule has 0 aliphatic rings. The lowest BCUT2D eigenvalue weighted by atomic mass is 10.1. The Balaban J connectivity index is 2.13. The maximum absolute atomic E-state index is 13.2. The van der Waals surface area contributed by atoms with E-state index in [2.05, 4.69) is 0 Å². The number of nitrogens with two attached hydrogens (primary N) is 1. The fourth-order valence-corrected chi connectivity index (χ4v) is 2.60. The fourth-order valence-electron chi connectivity index (χ4n) is 1.66. The van der Waals surface area contributed by atoms with Crippen LogP contribution < -0.4 is 5.73 Å². The molecule has 0 heterocycles. The van der Waals surface area contributed by atoms with Crippen LogP contribution in [0.15, 0.2) is 41.3 Å². The topological polar surface area (TPSA) is 26.0 Å². The van der Waals surface area contributed by atoms with Crippen LogP contribution in [0.2, 0.25) is 0 Å². The highest BCUT2D eigenvalue weighted by Gasteiger charge is 2.06. The molecule has 0 radical (unpaired) electrons. The van der Waals surface area contributed by atoms with E-state index >= 15 is 0 Å². The van der Waals surface area contributed by atoms with Gasteiger partial charge >= 0.3 is 0 Å². The summed E-state index contributed by atoms with van der Waals surface area (Å²) in [4.78, 5) is 0.589. The van der Waals surface area contributed by atoms with Gasteiger partial charge in [0.25, 0.3) is 0 Å². The smallest absolute Gasteiger partial charge is 0.159 e. The van der Waals surface area contributed by atoms with Crippen molar-refractivity contribution in [3.8, 4) is 0 Å². The molecular weight excluding hydrogens is 271 g/mol. The number of rotatable bonds is 4. The van der Waals surface area contributed by atoms with E-state index in [-0.39, 0.29) is 5.82 Å². The Morgan fingerprint density at radius 3 is 2.37 bits per heavy atom. The second kappa shape index (κ2) is 6.12. The van der Waals surface area contributed by atoms with Gasteiger partial charge in [0.15, 0.2) is 11.6 Å². The van der Waals surface area contributed by atoms with Gasteiger partial charge in [0.2, 0.25) is 0 Å². The second-order valence-electron chi connectivity index (χ2n) is 3.98. The summed E-state index contributed by atoms with van der Waals surface area (Å²) in [5.74, 6) is -1.64. The lowest BCUT2D eigenvalue weighted by Gasteiger charge is -2.08. The van der Waals surface area contributed by atoms with E-state index in [1.807, 2.05) is 0 Å². The summed E-state index contributed by atoms with van der Waals surface area (Å²) >= 11 is 1.31. The van der Waals surface area contributed by atoms with Crippen LogP contribution in [-0.2, 0) is 12.3 Å². The molecule has 0 fully saturated rings. The van der Waals surface area contributed by atoms with Crippen molar-refractivity contribution in [1.29, 1.82) is 0 Å². The summed E-state index contributed by atoms with van der Waals surface area (Å²) in [7, 11) is 0. The minimum absolute atomic E-state index is 0.313. The molecule has 0 saturated carbocycles. The van der Waals surface area contributed by atoms with Crippen LogP contribution in [0.1, 0.15) is 11.1 Å². The van der Waals surface area contributed by atoms with Gasteiger partial charge in [-0.3, -0.25) is 0 Å². The zero-order valence-electron chi connectivity index (χ0n) is 10.00. The van der Waals surface area contributed by atoms with Gasteiger partial charge in [-0.15, -0.1) is 11.8 Å². The number of thioether (sulfide) groups is 1. The van der Waals surface area contributed by atoms with Crippen LogP contribution in [0.5, 0.6) is 0 Å². The van der Waals surface area contributed by atoms with Crippen molar-refractivity contribution in [3.63, 3.8) is 0 Å². The van der Waals surface area contributed by atoms with Gasteiger partial charge in [-0.05, 0) is 41.5 Å². The number of halogens is 3. The Morgan fingerprint density at radius 2 is 1.68 bits per heavy atom. The largest absolute Gasteiger partial charge is 0.326 e. The summed E-state index contributed by atoms with van der Waals surface area (Å²) in [5.41, 5.74) is 7.18. The molecule has 0 atom stereocenters. The molecule has 0 aliphatic carbocycles. The molecule has 100 valence electrons. The Bertz CT molecular complexity index is 587. The van der Waals surface area contributed by atoms with Crippen molar-refractivity contribution in [1.82, 2.24) is 0 Å². The van der Waals surface area contributed by atoms with Gasteiger partial charge in [0.05, 0.1) is 0 Å². The molecule has 0 unspecified atom stereocenters. The van der Waals surface area contributed by atoms with Crippen molar-refractivity contribution in [2.45, 2.75) is 17.2 Å². The predicted octanol–water partition coefficient (Wildman–Crippen LogP) is 3.85. The van der Waals surface area contributed by atoms with E-state index in [0.717, 1.165) is 23.3 Å². The van der Waals surface area contributed by atoms with E-state index < -0.39 is 11.6 Å². The summed E-state index contributed by atoms with van der Waals surface area (Å²) in [6, 6.07) is 8.10. The van der Waals surface area contributed by atoms with Gasteiger partial charge in [0.1, 0.15) is 5.82 Å². The monoisotopic (exact) mass is 283 g/mol. The third kappa shape index (κ3) is 3.52.